The van der Waals surface area contributed by atoms with Gasteiger partial charge in [-0.2, -0.15) is 13.2 Å². The van der Waals surface area contributed by atoms with Crippen molar-refractivity contribution in [3.63, 3.8) is 0 Å². The first-order valence-corrected chi connectivity index (χ1v) is 11.1. The average molecular weight is 467 g/mol. The van der Waals surface area contributed by atoms with Gasteiger partial charge in [-0.25, -0.2) is 18.4 Å². The molecule has 1 fully saturated rings. The summed E-state index contributed by atoms with van der Waals surface area (Å²) in [6, 6.07) is 8.77. The van der Waals surface area contributed by atoms with Gasteiger partial charge in [-0.1, -0.05) is 6.07 Å². The maximum absolute atomic E-state index is 12.6. The first-order chi connectivity index (χ1) is 15.0. The number of aliphatic hydroxyl groups is 1. The number of pyridine rings is 2. The molecule has 0 spiro atoms. The maximum atomic E-state index is 12.6. The molecule has 0 saturated carbocycles. The van der Waals surface area contributed by atoms with Crippen LogP contribution in [0.4, 0.5) is 13.2 Å². The highest BCUT2D eigenvalue weighted by Crippen LogP contribution is 2.30. The minimum Gasteiger partial charge on any atom is -0.456 e. The average Bonchev–Trinajstić information content (AvgIpc) is 2.98. The fourth-order valence-corrected chi connectivity index (χ4v) is 4.99. The van der Waals surface area contributed by atoms with E-state index in [0.717, 1.165) is 18.3 Å². The van der Waals surface area contributed by atoms with Crippen LogP contribution in [0.1, 0.15) is 16.2 Å². The summed E-state index contributed by atoms with van der Waals surface area (Å²) < 4.78 is 66.5. The van der Waals surface area contributed by atoms with Crippen molar-refractivity contribution in [2.45, 2.75) is 18.3 Å². The van der Waals surface area contributed by atoms with Gasteiger partial charge in [0.25, 0.3) is 5.91 Å². The first-order valence-electron chi connectivity index (χ1n) is 9.31. The molecule has 1 saturated heterocycles. The third kappa shape index (κ3) is 4.81. The minimum absolute atomic E-state index is 0.0367. The number of halogens is 3. The lowest BCUT2D eigenvalue weighted by Gasteiger charge is -2.14. The molecule has 0 radical (unpaired) electrons. The summed E-state index contributed by atoms with van der Waals surface area (Å²) in [5.41, 5.74) is -0.550. The minimum atomic E-state index is -4.54. The zero-order valence-electron chi connectivity index (χ0n) is 16.2. The van der Waals surface area contributed by atoms with E-state index in [-0.39, 0.29) is 17.2 Å². The van der Waals surface area contributed by atoms with Gasteiger partial charge in [-0.3, -0.25) is 4.79 Å². The lowest BCUT2D eigenvalue weighted by molar-refractivity contribution is -0.141. The van der Waals surface area contributed by atoms with Gasteiger partial charge < -0.3 is 15.2 Å². The van der Waals surface area contributed by atoms with Crippen LogP contribution in [0.3, 0.4) is 0 Å². The highest BCUT2D eigenvalue weighted by atomic mass is 32.2. The lowest BCUT2D eigenvalue weighted by Crippen LogP contribution is -2.42. The number of sulfone groups is 1. The quantitative estimate of drug-likeness (QED) is 0.605. The smallest absolute Gasteiger partial charge is 0.433 e. The van der Waals surface area contributed by atoms with Crippen molar-refractivity contribution in [3.8, 4) is 11.5 Å². The van der Waals surface area contributed by atoms with Crippen molar-refractivity contribution >= 4 is 26.6 Å². The summed E-state index contributed by atoms with van der Waals surface area (Å²) >= 11 is 0. The van der Waals surface area contributed by atoms with Crippen LogP contribution in [0.15, 0.2) is 48.7 Å². The molecule has 32 heavy (non-hydrogen) atoms. The van der Waals surface area contributed by atoms with Gasteiger partial charge >= 0.3 is 6.18 Å². The Kier molecular flexibility index (Phi) is 5.51. The number of rotatable bonds is 4. The zero-order chi connectivity index (χ0) is 23.1. The predicted molar refractivity (Wildman–Crippen MR) is 107 cm³/mol. The summed E-state index contributed by atoms with van der Waals surface area (Å²) in [4.78, 5) is 20.0. The van der Waals surface area contributed by atoms with Crippen LogP contribution in [0.25, 0.3) is 10.9 Å². The normalized spacial score (nSPS) is 20.2. The number of nitrogens with one attached hydrogen (secondary N) is 1. The summed E-state index contributed by atoms with van der Waals surface area (Å²) in [6.07, 6.45) is -4.75. The molecule has 1 aliphatic rings. The van der Waals surface area contributed by atoms with E-state index in [4.69, 9.17) is 4.74 Å². The van der Waals surface area contributed by atoms with Gasteiger partial charge in [0.1, 0.15) is 22.9 Å². The Morgan fingerprint density at radius 1 is 1.09 bits per heavy atom. The van der Waals surface area contributed by atoms with E-state index in [0.29, 0.717) is 16.7 Å². The van der Waals surface area contributed by atoms with E-state index in [1.54, 1.807) is 18.2 Å². The number of nitrogens with zero attached hydrogens (tertiary/aromatic N) is 2. The molecule has 1 aromatic carbocycles. The van der Waals surface area contributed by atoms with Crippen LogP contribution in [-0.2, 0) is 16.0 Å². The van der Waals surface area contributed by atoms with Crippen molar-refractivity contribution in [2.24, 2.45) is 0 Å². The molecule has 8 nitrogen and oxygen atoms in total. The van der Waals surface area contributed by atoms with E-state index in [2.05, 4.69) is 15.3 Å². The number of alkyl halides is 3. The molecule has 0 unspecified atom stereocenters. The molecular formula is C20H16F3N3O5S. The number of carbonyl (C=O) groups is 1. The molecular weight excluding hydrogens is 451 g/mol. The molecule has 12 heteroatoms. The number of hydrogen-bond acceptors (Lipinski definition) is 7. The molecule has 168 valence electrons. The Morgan fingerprint density at radius 2 is 1.84 bits per heavy atom. The second-order valence-corrected chi connectivity index (χ2v) is 9.41. The topological polar surface area (TPSA) is 118 Å². The molecule has 3 heterocycles. The summed E-state index contributed by atoms with van der Waals surface area (Å²) in [5.74, 6) is -0.916. The van der Waals surface area contributed by atoms with E-state index >= 15 is 0 Å². The number of amides is 1. The second-order valence-electron chi connectivity index (χ2n) is 7.25. The third-order valence-corrected chi connectivity index (χ3v) is 6.51. The van der Waals surface area contributed by atoms with Crippen LogP contribution in [-0.4, -0.2) is 53.1 Å². The lowest BCUT2D eigenvalue weighted by atomic mass is 10.1. The van der Waals surface area contributed by atoms with E-state index in [1.165, 1.54) is 12.1 Å². The first kappa shape index (κ1) is 22.0. The fraction of sp³-hybridized carbons (Fsp3) is 0.250. The molecule has 1 amide bonds. The Morgan fingerprint density at radius 3 is 2.47 bits per heavy atom. The van der Waals surface area contributed by atoms with E-state index in [1.807, 2.05) is 0 Å². The number of hydrogen-bond donors (Lipinski definition) is 2. The van der Waals surface area contributed by atoms with E-state index < -0.39 is 45.5 Å². The van der Waals surface area contributed by atoms with E-state index in [9.17, 15) is 31.5 Å². The molecule has 2 N–H and O–H groups in total. The fourth-order valence-electron chi connectivity index (χ4n) is 3.25. The monoisotopic (exact) mass is 467 g/mol. The Labute approximate surface area is 180 Å². The van der Waals surface area contributed by atoms with Gasteiger partial charge in [-0.05, 0) is 36.4 Å². The van der Waals surface area contributed by atoms with Crippen LogP contribution < -0.4 is 10.1 Å². The summed E-state index contributed by atoms with van der Waals surface area (Å²) in [7, 11) is -3.41. The van der Waals surface area contributed by atoms with Crippen LogP contribution in [0, 0.1) is 0 Å². The highest BCUT2D eigenvalue weighted by Gasteiger charge is 2.37. The largest absolute Gasteiger partial charge is 0.456 e. The van der Waals surface area contributed by atoms with Crippen LogP contribution in [0.2, 0.25) is 0 Å². The second kappa shape index (κ2) is 8.02. The number of aromatic nitrogens is 2. The molecule has 4 rings (SSSR count). The van der Waals surface area contributed by atoms with Gasteiger partial charge in [-0.15, -0.1) is 0 Å². The number of aliphatic hydroxyl groups excluding tert-OH is 1. The van der Waals surface area contributed by atoms with Gasteiger partial charge in [0.15, 0.2) is 9.84 Å². The molecule has 3 aromatic rings. The zero-order valence-corrected chi connectivity index (χ0v) is 17.0. The van der Waals surface area contributed by atoms with Crippen molar-refractivity contribution in [2.75, 3.05) is 11.5 Å². The number of fused-ring (bicyclic) bond motifs is 1. The molecule has 0 aliphatic carbocycles. The number of benzene rings is 1. The van der Waals surface area contributed by atoms with Crippen LogP contribution in [0.5, 0.6) is 11.5 Å². The van der Waals surface area contributed by atoms with Crippen molar-refractivity contribution in [3.05, 3.63) is 60.0 Å². The molecule has 2 atom stereocenters. The Hall–Kier alpha value is -3.25. The molecule has 2 aromatic heterocycles. The summed E-state index contributed by atoms with van der Waals surface area (Å²) in [5, 5.41) is 12.9. The Balaban J connectivity index is 1.48. The maximum Gasteiger partial charge on any atom is 0.433 e. The summed E-state index contributed by atoms with van der Waals surface area (Å²) in [6.45, 7) is 0. The SMILES string of the molecule is O=C(N[C@H]1CS(=O)(=O)C[C@H]1O)c1ccc2cc(Oc3ccc(C(F)(F)F)nc3)ccc2n1. The Bertz CT molecular complexity index is 1280. The molecule has 1 aliphatic heterocycles. The number of ether oxygens (including phenoxy) is 1. The van der Waals surface area contributed by atoms with Crippen molar-refractivity contribution < 1.29 is 36.2 Å². The van der Waals surface area contributed by atoms with Crippen molar-refractivity contribution in [1.82, 2.24) is 15.3 Å². The van der Waals surface area contributed by atoms with Crippen LogP contribution >= 0.6 is 0 Å². The standard InChI is InChI=1S/C20H16F3N3O5S/c21-20(22,23)18-6-3-13(8-24-18)31-12-2-5-14-11(7-12)1-4-15(25-14)19(28)26-16-9-32(29,30)10-17(16)27/h1-8,16-17,27H,9-10H2,(H,26,28)/t16-,17+/m0/s1. The van der Waals surface area contributed by atoms with Crippen molar-refractivity contribution in [1.29, 1.82) is 0 Å². The molecule has 0 bridgehead atoms. The highest BCUT2D eigenvalue weighted by molar-refractivity contribution is 7.91. The van der Waals surface area contributed by atoms with Gasteiger partial charge in [0, 0.05) is 5.39 Å². The number of carbonyl (C=O) groups excluding carboxylic acids is 1. The predicted octanol–water partition coefficient (Wildman–Crippen LogP) is 2.33. The van der Waals surface area contributed by atoms with Gasteiger partial charge in [0.2, 0.25) is 0 Å². The van der Waals surface area contributed by atoms with Gasteiger partial charge in [0.05, 0.1) is 35.4 Å². The third-order valence-electron chi connectivity index (χ3n) is 4.79.